The summed E-state index contributed by atoms with van der Waals surface area (Å²) in [6, 6.07) is 8.00. The molecule has 0 radical (unpaired) electrons. The van der Waals surface area contributed by atoms with Crippen LogP contribution >= 0.6 is 11.6 Å². The highest BCUT2D eigenvalue weighted by molar-refractivity contribution is 6.31. The minimum Gasteiger partial charge on any atom is -0.403 e. The third kappa shape index (κ3) is 3.43. The van der Waals surface area contributed by atoms with Gasteiger partial charge in [0.15, 0.2) is 0 Å². The van der Waals surface area contributed by atoms with Crippen molar-refractivity contribution in [1.29, 1.82) is 0 Å². The fraction of sp³-hybridized carbons (Fsp3) is 0.0714. The standard InChI is InChI=1S/C14H10ClN5O3/c15-12-7-11(20(21)22)2-1-10(12)8-17-14-19-18-13(23-14)9-3-5-16-6-4-9/h1-7H,8H2,(H,17,19). The molecule has 0 unspecified atom stereocenters. The number of anilines is 1. The fourth-order valence-electron chi connectivity index (χ4n) is 1.87. The summed E-state index contributed by atoms with van der Waals surface area (Å²) >= 11 is 6.02. The number of nitro groups is 1. The molecule has 0 saturated carbocycles. The van der Waals surface area contributed by atoms with Crippen LogP contribution in [0.5, 0.6) is 0 Å². The summed E-state index contributed by atoms with van der Waals surface area (Å²) in [6.45, 7) is 0.300. The van der Waals surface area contributed by atoms with E-state index in [1.165, 1.54) is 12.1 Å². The van der Waals surface area contributed by atoms with Crippen LogP contribution in [0.4, 0.5) is 11.7 Å². The number of hydrogen-bond acceptors (Lipinski definition) is 7. The van der Waals surface area contributed by atoms with Gasteiger partial charge in [-0.2, -0.15) is 0 Å². The van der Waals surface area contributed by atoms with E-state index in [4.69, 9.17) is 16.0 Å². The monoisotopic (exact) mass is 331 g/mol. The average molecular weight is 332 g/mol. The van der Waals surface area contributed by atoms with Crippen LogP contribution in [0.1, 0.15) is 5.56 Å². The molecular formula is C14H10ClN5O3. The first kappa shape index (κ1) is 14.9. The number of nitro benzene ring substituents is 1. The predicted octanol–water partition coefficient (Wildman–Crippen LogP) is 3.31. The van der Waals surface area contributed by atoms with Crippen molar-refractivity contribution in [1.82, 2.24) is 15.2 Å². The van der Waals surface area contributed by atoms with Gasteiger partial charge in [0.25, 0.3) is 5.69 Å². The number of hydrogen-bond donors (Lipinski definition) is 1. The van der Waals surface area contributed by atoms with Gasteiger partial charge < -0.3 is 9.73 Å². The lowest BCUT2D eigenvalue weighted by atomic mass is 10.2. The molecule has 9 heteroatoms. The summed E-state index contributed by atoms with van der Waals surface area (Å²) in [4.78, 5) is 14.1. The number of pyridine rings is 1. The van der Waals surface area contributed by atoms with Crippen molar-refractivity contribution < 1.29 is 9.34 Å². The van der Waals surface area contributed by atoms with Crippen molar-refractivity contribution in [2.24, 2.45) is 0 Å². The first-order chi connectivity index (χ1) is 11.1. The molecule has 23 heavy (non-hydrogen) atoms. The van der Waals surface area contributed by atoms with Gasteiger partial charge in [-0.05, 0) is 23.8 Å². The molecule has 0 bridgehead atoms. The Morgan fingerprint density at radius 3 is 2.70 bits per heavy atom. The Morgan fingerprint density at radius 2 is 2.00 bits per heavy atom. The second kappa shape index (κ2) is 6.41. The molecule has 0 aliphatic rings. The number of halogens is 1. The molecule has 3 rings (SSSR count). The average Bonchev–Trinajstić information content (AvgIpc) is 3.03. The molecule has 8 nitrogen and oxygen atoms in total. The van der Waals surface area contributed by atoms with Gasteiger partial charge in [0.2, 0.25) is 5.89 Å². The van der Waals surface area contributed by atoms with Crippen molar-refractivity contribution in [3.8, 4) is 11.5 Å². The number of non-ortho nitro benzene ring substituents is 1. The Labute approximate surface area is 135 Å². The van der Waals surface area contributed by atoms with Gasteiger partial charge in [0.1, 0.15) is 0 Å². The van der Waals surface area contributed by atoms with Crippen molar-refractivity contribution in [3.63, 3.8) is 0 Å². The van der Waals surface area contributed by atoms with Crippen LogP contribution in [0.15, 0.2) is 47.1 Å². The Morgan fingerprint density at radius 1 is 1.22 bits per heavy atom. The summed E-state index contributed by atoms with van der Waals surface area (Å²) < 4.78 is 5.48. The summed E-state index contributed by atoms with van der Waals surface area (Å²) in [5.41, 5.74) is 1.38. The quantitative estimate of drug-likeness (QED) is 0.564. The Kier molecular flexibility index (Phi) is 4.15. The number of aromatic nitrogens is 3. The van der Waals surface area contributed by atoms with Gasteiger partial charge in [-0.25, -0.2) is 0 Å². The first-order valence-corrected chi connectivity index (χ1v) is 6.92. The molecule has 1 aromatic carbocycles. The summed E-state index contributed by atoms with van der Waals surface area (Å²) in [5, 5.41) is 21.7. The maximum atomic E-state index is 10.7. The molecule has 2 heterocycles. The zero-order chi connectivity index (χ0) is 16.2. The molecule has 0 fully saturated rings. The topological polar surface area (TPSA) is 107 Å². The lowest BCUT2D eigenvalue weighted by Crippen LogP contribution is -2.01. The highest BCUT2D eigenvalue weighted by atomic mass is 35.5. The minimum atomic E-state index is -0.498. The molecule has 0 atom stereocenters. The van der Waals surface area contributed by atoms with Crippen molar-refractivity contribution in [2.45, 2.75) is 6.54 Å². The molecule has 2 aromatic heterocycles. The second-order valence-electron chi connectivity index (χ2n) is 4.53. The van der Waals surface area contributed by atoms with Crippen LogP contribution in [0, 0.1) is 10.1 Å². The Hall–Kier alpha value is -3.00. The van der Waals surface area contributed by atoms with Crippen molar-refractivity contribution in [2.75, 3.05) is 5.32 Å². The van der Waals surface area contributed by atoms with Crippen LogP contribution in [-0.2, 0) is 6.54 Å². The van der Waals surface area contributed by atoms with Gasteiger partial charge >= 0.3 is 6.01 Å². The van der Waals surface area contributed by atoms with E-state index >= 15 is 0 Å². The van der Waals surface area contributed by atoms with Gasteiger partial charge in [-0.1, -0.05) is 16.7 Å². The molecule has 0 aliphatic carbocycles. The lowest BCUT2D eigenvalue weighted by molar-refractivity contribution is -0.384. The highest BCUT2D eigenvalue weighted by Gasteiger charge is 2.11. The van der Waals surface area contributed by atoms with Crippen molar-refractivity contribution in [3.05, 3.63) is 63.4 Å². The van der Waals surface area contributed by atoms with Crippen LogP contribution in [0.25, 0.3) is 11.5 Å². The number of nitrogens with one attached hydrogen (secondary N) is 1. The highest BCUT2D eigenvalue weighted by Crippen LogP contribution is 2.24. The zero-order valence-electron chi connectivity index (χ0n) is 11.6. The molecule has 0 saturated heterocycles. The molecule has 0 amide bonds. The van der Waals surface area contributed by atoms with Gasteiger partial charge in [-0.15, -0.1) is 5.10 Å². The van der Waals surface area contributed by atoms with E-state index in [9.17, 15) is 10.1 Å². The third-order valence-electron chi connectivity index (χ3n) is 3.03. The van der Waals surface area contributed by atoms with Crippen LogP contribution in [0.2, 0.25) is 5.02 Å². The van der Waals surface area contributed by atoms with E-state index in [2.05, 4.69) is 20.5 Å². The van der Waals surface area contributed by atoms with Crippen molar-refractivity contribution >= 4 is 23.3 Å². The number of rotatable bonds is 5. The minimum absolute atomic E-state index is 0.0588. The summed E-state index contributed by atoms with van der Waals surface area (Å²) in [7, 11) is 0. The second-order valence-corrected chi connectivity index (χ2v) is 4.94. The van der Waals surface area contributed by atoms with Gasteiger partial charge in [0, 0.05) is 36.6 Å². The van der Waals surface area contributed by atoms with E-state index < -0.39 is 4.92 Å². The number of nitrogens with zero attached hydrogens (tertiary/aromatic N) is 4. The molecule has 1 N–H and O–H groups in total. The van der Waals surface area contributed by atoms with Gasteiger partial charge in [0.05, 0.1) is 9.95 Å². The van der Waals surface area contributed by atoms with E-state index in [1.807, 2.05) is 0 Å². The molecule has 116 valence electrons. The maximum absolute atomic E-state index is 10.7. The smallest absolute Gasteiger partial charge is 0.316 e. The Balaban J connectivity index is 1.70. The summed E-state index contributed by atoms with van der Waals surface area (Å²) in [5.74, 6) is 0.365. The predicted molar refractivity (Wildman–Crippen MR) is 83.0 cm³/mol. The van der Waals surface area contributed by atoms with E-state index in [0.717, 1.165) is 5.56 Å². The molecule has 0 spiro atoms. The normalized spacial score (nSPS) is 10.5. The number of benzene rings is 1. The SMILES string of the molecule is O=[N+]([O-])c1ccc(CNc2nnc(-c3ccncc3)o2)c(Cl)c1. The van der Waals surface area contributed by atoms with Gasteiger partial charge in [-0.3, -0.25) is 15.1 Å². The molecular weight excluding hydrogens is 322 g/mol. The van der Waals surface area contributed by atoms with E-state index in [0.29, 0.717) is 23.0 Å². The maximum Gasteiger partial charge on any atom is 0.316 e. The first-order valence-electron chi connectivity index (χ1n) is 6.54. The Bertz CT molecular complexity index is 837. The van der Waals surface area contributed by atoms with E-state index in [-0.39, 0.29) is 11.7 Å². The third-order valence-corrected chi connectivity index (χ3v) is 3.38. The summed E-state index contributed by atoms with van der Waals surface area (Å²) in [6.07, 6.45) is 3.26. The van der Waals surface area contributed by atoms with E-state index in [1.54, 1.807) is 30.6 Å². The largest absolute Gasteiger partial charge is 0.403 e. The van der Waals surface area contributed by atoms with Crippen LogP contribution in [0.3, 0.4) is 0 Å². The zero-order valence-corrected chi connectivity index (χ0v) is 12.4. The lowest BCUT2D eigenvalue weighted by Gasteiger charge is -2.04. The fourth-order valence-corrected chi connectivity index (χ4v) is 2.11. The van der Waals surface area contributed by atoms with Crippen LogP contribution < -0.4 is 5.32 Å². The molecule has 0 aliphatic heterocycles. The van der Waals surface area contributed by atoms with Crippen LogP contribution in [-0.4, -0.2) is 20.1 Å². The molecule has 3 aromatic rings.